The first-order valence-corrected chi connectivity index (χ1v) is 11.3. The molecule has 1 aromatic heterocycles. The maximum Gasteiger partial charge on any atom is 0.227 e. The van der Waals surface area contributed by atoms with Gasteiger partial charge in [-0.15, -0.1) is 0 Å². The predicted octanol–water partition coefficient (Wildman–Crippen LogP) is 6.21. The summed E-state index contributed by atoms with van der Waals surface area (Å²) in [5, 5.41) is 0.677. The van der Waals surface area contributed by atoms with E-state index in [1.54, 1.807) is 12.1 Å². The molecule has 164 valence electrons. The van der Waals surface area contributed by atoms with Crippen LogP contribution in [-0.2, 0) is 11.2 Å². The van der Waals surface area contributed by atoms with Gasteiger partial charge in [0.1, 0.15) is 17.0 Å². The van der Waals surface area contributed by atoms with Crippen molar-refractivity contribution in [3.8, 4) is 23.0 Å². The number of benzene rings is 3. The molecule has 0 spiro atoms. The smallest absolute Gasteiger partial charge is 0.227 e. The number of aromatic nitrogens is 1. The highest BCUT2D eigenvalue weighted by Crippen LogP contribution is 2.30. The largest absolute Gasteiger partial charge is 0.457 e. The van der Waals surface area contributed by atoms with Gasteiger partial charge in [-0.2, -0.15) is 0 Å². The quantitative estimate of drug-likeness (QED) is 0.336. The van der Waals surface area contributed by atoms with Crippen molar-refractivity contribution in [2.75, 3.05) is 32.8 Å². The maximum atomic E-state index is 6.02. The molecule has 0 aliphatic carbocycles. The first-order valence-electron chi connectivity index (χ1n) is 11.0. The number of fused-ring (bicyclic) bond motifs is 1. The summed E-state index contributed by atoms with van der Waals surface area (Å²) in [6.07, 6.45) is 2.22. The molecule has 0 N–H and O–H groups in total. The second kappa shape index (κ2) is 9.74. The molecule has 3 aromatic carbocycles. The topological polar surface area (TPSA) is 47.7 Å². The number of hydrogen-bond acceptors (Lipinski definition) is 5. The molecule has 0 amide bonds. The molecule has 0 saturated carbocycles. The highest BCUT2D eigenvalue weighted by molar-refractivity contribution is 6.30. The maximum absolute atomic E-state index is 6.02. The molecule has 1 aliphatic rings. The Balaban J connectivity index is 1.23. The summed E-state index contributed by atoms with van der Waals surface area (Å²) >= 11 is 5.94. The van der Waals surface area contributed by atoms with Crippen molar-refractivity contribution in [2.45, 2.75) is 12.8 Å². The van der Waals surface area contributed by atoms with Crippen molar-refractivity contribution >= 4 is 22.7 Å². The van der Waals surface area contributed by atoms with E-state index in [4.69, 9.17) is 25.5 Å². The van der Waals surface area contributed by atoms with Crippen molar-refractivity contribution in [1.29, 1.82) is 0 Å². The van der Waals surface area contributed by atoms with Crippen LogP contribution in [0.25, 0.3) is 22.6 Å². The van der Waals surface area contributed by atoms with E-state index in [1.807, 2.05) is 30.3 Å². The van der Waals surface area contributed by atoms with Gasteiger partial charge >= 0.3 is 0 Å². The van der Waals surface area contributed by atoms with E-state index in [0.717, 1.165) is 62.5 Å². The van der Waals surface area contributed by atoms with Gasteiger partial charge in [0.05, 0.1) is 13.2 Å². The second-order valence-corrected chi connectivity index (χ2v) is 8.40. The summed E-state index contributed by atoms with van der Waals surface area (Å²) in [7, 11) is 0. The van der Waals surface area contributed by atoms with Crippen LogP contribution in [0, 0.1) is 0 Å². The first-order chi connectivity index (χ1) is 15.7. The highest BCUT2D eigenvalue weighted by Gasteiger charge is 2.11. The first kappa shape index (κ1) is 21.0. The Morgan fingerprint density at radius 3 is 2.44 bits per heavy atom. The van der Waals surface area contributed by atoms with Crippen LogP contribution in [0.4, 0.5) is 0 Å². The van der Waals surface area contributed by atoms with E-state index < -0.39 is 0 Å². The van der Waals surface area contributed by atoms with Crippen LogP contribution in [0.2, 0.25) is 5.02 Å². The van der Waals surface area contributed by atoms with E-state index >= 15 is 0 Å². The zero-order valence-electron chi connectivity index (χ0n) is 17.8. The van der Waals surface area contributed by atoms with Crippen molar-refractivity contribution in [3.05, 3.63) is 77.3 Å². The molecule has 2 heterocycles. The zero-order valence-corrected chi connectivity index (χ0v) is 18.6. The summed E-state index contributed by atoms with van der Waals surface area (Å²) < 4.78 is 17.3. The second-order valence-electron chi connectivity index (χ2n) is 7.96. The van der Waals surface area contributed by atoms with Gasteiger partial charge in [-0.3, -0.25) is 4.90 Å². The van der Waals surface area contributed by atoms with Gasteiger partial charge in [-0.1, -0.05) is 23.7 Å². The molecule has 1 fully saturated rings. The van der Waals surface area contributed by atoms with Crippen molar-refractivity contribution in [2.24, 2.45) is 0 Å². The van der Waals surface area contributed by atoms with E-state index in [-0.39, 0.29) is 0 Å². The molecule has 32 heavy (non-hydrogen) atoms. The molecule has 0 radical (unpaired) electrons. The number of morpholine rings is 1. The Kier molecular flexibility index (Phi) is 6.39. The standard InChI is InChI=1S/C26H25ClN2O3/c27-21-7-9-22(10-8-21)31-23-11-12-24-25(18-23)32-26(28-24)20-5-3-19(4-6-20)2-1-13-29-14-16-30-17-15-29/h3-12,18H,1-2,13-17H2. The number of ether oxygens (including phenoxy) is 2. The van der Waals surface area contributed by atoms with Crippen LogP contribution in [0.5, 0.6) is 11.5 Å². The molecular weight excluding hydrogens is 424 g/mol. The average molecular weight is 449 g/mol. The normalized spacial score (nSPS) is 14.7. The van der Waals surface area contributed by atoms with Crippen LogP contribution >= 0.6 is 11.6 Å². The van der Waals surface area contributed by atoms with Crippen molar-refractivity contribution < 1.29 is 13.9 Å². The number of rotatable bonds is 7. The Morgan fingerprint density at radius 2 is 1.66 bits per heavy atom. The molecule has 1 saturated heterocycles. The van der Waals surface area contributed by atoms with Crippen LogP contribution in [0.15, 0.2) is 71.1 Å². The zero-order chi connectivity index (χ0) is 21.8. The fourth-order valence-corrected chi connectivity index (χ4v) is 4.00. The van der Waals surface area contributed by atoms with E-state index in [2.05, 4.69) is 34.1 Å². The van der Waals surface area contributed by atoms with Gasteiger partial charge in [-0.05, 0) is 73.5 Å². The third-order valence-corrected chi connectivity index (χ3v) is 5.91. The van der Waals surface area contributed by atoms with Gasteiger partial charge in [0.15, 0.2) is 5.58 Å². The number of nitrogens with zero attached hydrogens (tertiary/aromatic N) is 2. The molecule has 5 rings (SSSR count). The Bertz CT molecular complexity index is 1170. The van der Waals surface area contributed by atoms with Gasteiger partial charge in [0.25, 0.3) is 0 Å². The lowest BCUT2D eigenvalue weighted by atomic mass is 10.1. The molecule has 5 nitrogen and oxygen atoms in total. The molecule has 0 unspecified atom stereocenters. The van der Waals surface area contributed by atoms with Crippen LogP contribution in [0.1, 0.15) is 12.0 Å². The summed E-state index contributed by atoms with van der Waals surface area (Å²) in [5.74, 6) is 2.03. The molecule has 0 bridgehead atoms. The summed E-state index contributed by atoms with van der Waals surface area (Å²) in [6, 6.07) is 21.4. The Morgan fingerprint density at radius 1 is 0.906 bits per heavy atom. The van der Waals surface area contributed by atoms with E-state index in [0.29, 0.717) is 22.2 Å². The van der Waals surface area contributed by atoms with E-state index in [1.165, 1.54) is 5.56 Å². The fraction of sp³-hybridized carbons (Fsp3) is 0.269. The third-order valence-electron chi connectivity index (χ3n) is 5.65. The molecular formula is C26H25ClN2O3. The molecule has 6 heteroatoms. The number of halogens is 1. The predicted molar refractivity (Wildman–Crippen MR) is 127 cm³/mol. The van der Waals surface area contributed by atoms with Crippen LogP contribution in [0.3, 0.4) is 0 Å². The van der Waals surface area contributed by atoms with Crippen molar-refractivity contribution in [3.63, 3.8) is 0 Å². The van der Waals surface area contributed by atoms with Crippen LogP contribution < -0.4 is 4.74 Å². The minimum absolute atomic E-state index is 0.614. The lowest BCUT2D eigenvalue weighted by Crippen LogP contribution is -2.36. The van der Waals surface area contributed by atoms with Gasteiger partial charge in [0, 0.05) is 29.7 Å². The number of oxazole rings is 1. The Labute approximate surface area is 192 Å². The highest BCUT2D eigenvalue weighted by atomic mass is 35.5. The number of hydrogen-bond donors (Lipinski definition) is 0. The lowest BCUT2D eigenvalue weighted by Gasteiger charge is -2.26. The summed E-state index contributed by atoms with van der Waals surface area (Å²) in [6.45, 7) is 4.92. The number of aryl methyl sites for hydroxylation is 1. The lowest BCUT2D eigenvalue weighted by molar-refractivity contribution is 0.0375. The molecule has 0 atom stereocenters. The minimum Gasteiger partial charge on any atom is -0.457 e. The molecule has 4 aromatic rings. The minimum atomic E-state index is 0.614. The fourth-order valence-electron chi connectivity index (χ4n) is 3.88. The monoisotopic (exact) mass is 448 g/mol. The van der Waals surface area contributed by atoms with Gasteiger partial charge in [0.2, 0.25) is 5.89 Å². The van der Waals surface area contributed by atoms with E-state index in [9.17, 15) is 0 Å². The third kappa shape index (κ3) is 5.13. The van der Waals surface area contributed by atoms with Gasteiger partial charge in [-0.25, -0.2) is 4.98 Å². The van der Waals surface area contributed by atoms with Crippen molar-refractivity contribution in [1.82, 2.24) is 9.88 Å². The summed E-state index contributed by atoms with van der Waals surface area (Å²) in [4.78, 5) is 7.11. The summed E-state index contributed by atoms with van der Waals surface area (Å²) in [5.41, 5.74) is 3.80. The van der Waals surface area contributed by atoms with Gasteiger partial charge < -0.3 is 13.9 Å². The van der Waals surface area contributed by atoms with Crippen LogP contribution in [-0.4, -0.2) is 42.7 Å². The molecule has 1 aliphatic heterocycles. The Hall–Kier alpha value is -2.86. The average Bonchev–Trinajstić information content (AvgIpc) is 3.25. The SMILES string of the molecule is Clc1ccc(Oc2ccc3nc(-c4ccc(CCCN5CCOCC5)cc4)oc3c2)cc1.